The molecule has 0 aliphatic carbocycles. The summed E-state index contributed by atoms with van der Waals surface area (Å²) < 4.78 is 1.56. The lowest BCUT2D eigenvalue weighted by atomic mass is 9.83. The van der Waals surface area contributed by atoms with Crippen molar-refractivity contribution >= 4 is 12.6 Å². The van der Waals surface area contributed by atoms with Crippen LogP contribution in [0.25, 0.3) is 0 Å². The van der Waals surface area contributed by atoms with Gasteiger partial charge < -0.3 is 15.8 Å². The van der Waals surface area contributed by atoms with Crippen LogP contribution >= 0.6 is 0 Å². The minimum absolute atomic E-state index is 0.387. The fourth-order valence-corrected chi connectivity index (χ4v) is 0.767. The molecule has 0 aliphatic heterocycles. The molecule has 0 saturated carbocycles. The fraction of sp³-hybridized carbons (Fsp3) is 0.400. The molecule has 0 aliphatic rings. The predicted molar refractivity (Wildman–Crippen MR) is 41.1 cm³/mol. The number of hydrogen-bond donors (Lipinski definition) is 3. The lowest BCUT2D eigenvalue weighted by molar-refractivity contribution is 0.425. The highest BCUT2D eigenvalue weighted by atomic mass is 16.4. The van der Waals surface area contributed by atoms with Gasteiger partial charge in [0.15, 0.2) is 0 Å². The SMILES string of the molecule is NCCn1cc(B(O)O)cn1. The monoisotopic (exact) mass is 155 g/mol. The standard InChI is InChI=1S/C5H10BN3O2/c7-1-2-9-4-5(3-8-9)6(10)11/h3-4,10-11H,1-2,7H2. The first-order valence-electron chi connectivity index (χ1n) is 3.32. The van der Waals surface area contributed by atoms with Crippen LogP contribution in [0.2, 0.25) is 0 Å². The third-order valence-electron chi connectivity index (χ3n) is 1.31. The molecule has 0 fully saturated rings. The van der Waals surface area contributed by atoms with Gasteiger partial charge in [-0.15, -0.1) is 0 Å². The van der Waals surface area contributed by atoms with Crippen molar-refractivity contribution in [1.29, 1.82) is 0 Å². The van der Waals surface area contributed by atoms with E-state index in [1.54, 1.807) is 10.9 Å². The van der Waals surface area contributed by atoms with Crippen molar-refractivity contribution in [3.05, 3.63) is 12.4 Å². The molecule has 1 rings (SSSR count). The second-order valence-electron chi connectivity index (χ2n) is 2.20. The van der Waals surface area contributed by atoms with E-state index in [0.29, 0.717) is 18.6 Å². The summed E-state index contributed by atoms with van der Waals surface area (Å²) in [5.74, 6) is 0. The first kappa shape index (κ1) is 8.25. The van der Waals surface area contributed by atoms with Crippen molar-refractivity contribution in [3.8, 4) is 0 Å². The van der Waals surface area contributed by atoms with Crippen LogP contribution in [0.3, 0.4) is 0 Å². The second-order valence-corrected chi connectivity index (χ2v) is 2.20. The van der Waals surface area contributed by atoms with Gasteiger partial charge in [0.1, 0.15) is 0 Å². The highest BCUT2D eigenvalue weighted by molar-refractivity contribution is 6.58. The Bertz CT molecular complexity index is 225. The van der Waals surface area contributed by atoms with Crippen LogP contribution < -0.4 is 11.2 Å². The maximum atomic E-state index is 8.68. The summed E-state index contributed by atoms with van der Waals surface area (Å²) in [6, 6.07) is 0. The first-order chi connectivity index (χ1) is 5.24. The van der Waals surface area contributed by atoms with E-state index in [1.165, 1.54) is 6.20 Å². The molecule has 0 unspecified atom stereocenters. The molecule has 0 amide bonds. The van der Waals surface area contributed by atoms with E-state index in [0.717, 1.165) is 0 Å². The Kier molecular flexibility index (Phi) is 2.64. The van der Waals surface area contributed by atoms with E-state index in [2.05, 4.69) is 5.10 Å². The molecule has 4 N–H and O–H groups in total. The minimum Gasteiger partial charge on any atom is -0.423 e. The molecule has 0 spiro atoms. The molecular formula is C5H10BN3O2. The fourth-order valence-electron chi connectivity index (χ4n) is 0.767. The summed E-state index contributed by atoms with van der Waals surface area (Å²) in [5, 5.41) is 21.2. The van der Waals surface area contributed by atoms with Gasteiger partial charge in [-0.3, -0.25) is 4.68 Å². The summed E-state index contributed by atoms with van der Waals surface area (Å²) in [6.45, 7) is 1.08. The van der Waals surface area contributed by atoms with E-state index in [4.69, 9.17) is 15.8 Å². The van der Waals surface area contributed by atoms with Gasteiger partial charge in [0, 0.05) is 24.4 Å². The third kappa shape index (κ3) is 2.04. The van der Waals surface area contributed by atoms with Crippen LogP contribution in [0.4, 0.5) is 0 Å². The van der Waals surface area contributed by atoms with Crippen LogP contribution in [0.5, 0.6) is 0 Å². The average molecular weight is 155 g/mol. The van der Waals surface area contributed by atoms with Gasteiger partial charge in [0.25, 0.3) is 0 Å². The number of rotatable bonds is 3. The average Bonchev–Trinajstić information content (AvgIpc) is 2.37. The first-order valence-corrected chi connectivity index (χ1v) is 3.32. The molecule has 1 heterocycles. The zero-order valence-electron chi connectivity index (χ0n) is 6.01. The quantitative estimate of drug-likeness (QED) is 0.422. The summed E-state index contributed by atoms with van der Waals surface area (Å²) in [4.78, 5) is 0. The summed E-state index contributed by atoms with van der Waals surface area (Å²) >= 11 is 0. The van der Waals surface area contributed by atoms with Crippen molar-refractivity contribution in [1.82, 2.24) is 9.78 Å². The Morgan fingerprint density at radius 2 is 2.36 bits per heavy atom. The Balaban J connectivity index is 2.66. The number of aromatic nitrogens is 2. The van der Waals surface area contributed by atoms with E-state index in [1.807, 2.05) is 0 Å². The maximum absolute atomic E-state index is 8.68. The summed E-state index contributed by atoms with van der Waals surface area (Å²) in [7, 11) is -1.44. The van der Waals surface area contributed by atoms with Crippen LogP contribution in [-0.2, 0) is 6.54 Å². The minimum atomic E-state index is -1.44. The predicted octanol–water partition coefficient (Wildman–Crippen LogP) is -2.48. The lowest BCUT2D eigenvalue weighted by Crippen LogP contribution is -2.28. The van der Waals surface area contributed by atoms with Gasteiger partial charge in [0.2, 0.25) is 0 Å². The molecule has 11 heavy (non-hydrogen) atoms. The molecule has 5 nitrogen and oxygen atoms in total. The van der Waals surface area contributed by atoms with Gasteiger partial charge >= 0.3 is 7.12 Å². The topological polar surface area (TPSA) is 84.3 Å². The Morgan fingerprint density at radius 3 is 2.82 bits per heavy atom. The zero-order chi connectivity index (χ0) is 8.27. The number of nitrogens with zero attached hydrogens (tertiary/aromatic N) is 2. The second kappa shape index (κ2) is 3.52. The van der Waals surface area contributed by atoms with Crippen LogP contribution in [0.15, 0.2) is 12.4 Å². The molecule has 0 aromatic carbocycles. The Labute approximate surface area is 64.6 Å². The highest BCUT2D eigenvalue weighted by Gasteiger charge is 2.12. The smallest absolute Gasteiger partial charge is 0.423 e. The van der Waals surface area contributed by atoms with Gasteiger partial charge in [0.05, 0.1) is 6.54 Å². The van der Waals surface area contributed by atoms with Gasteiger partial charge in [-0.05, 0) is 0 Å². The molecular weight excluding hydrogens is 145 g/mol. The van der Waals surface area contributed by atoms with Crippen molar-refractivity contribution in [2.24, 2.45) is 5.73 Å². The molecule has 1 aromatic heterocycles. The Hall–Kier alpha value is -0.845. The number of hydrogen-bond acceptors (Lipinski definition) is 4. The normalized spacial score (nSPS) is 10.1. The Morgan fingerprint density at radius 1 is 1.64 bits per heavy atom. The van der Waals surface area contributed by atoms with Gasteiger partial charge in [-0.2, -0.15) is 5.10 Å². The van der Waals surface area contributed by atoms with E-state index >= 15 is 0 Å². The third-order valence-corrected chi connectivity index (χ3v) is 1.31. The van der Waals surface area contributed by atoms with Crippen LogP contribution in [-0.4, -0.2) is 33.5 Å². The van der Waals surface area contributed by atoms with Gasteiger partial charge in [-0.1, -0.05) is 0 Å². The van der Waals surface area contributed by atoms with E-state index < -0.39 is 7.12 Å². The molecule has 0 bridgehead atoms. The van der Waals surface area contributed by atoms with Crippen molar-refractivity contribution in [3.63, 3.8) is 0 Å². The van der Waals surface area contributed by atoms with Crippen LogP contribution in [0.1, 0.15) is 0 Å². The maximum Gasteiger partial charge on any atom is 0.491 e. The molecule has 1 aromatic rings. The summed E-state index contributed by atoms with van der Waals surface area (Å²) in [6.07, 6.45) is 2.96. The van der Waals surface area contributed by atoms with Crippen molar-refractivity contribution in [2.45, 2.75) is 6.54 Å². The lowest BCUT2D eigenvalue weighted by Gasteiger charge is -1.94. The molecule has 0 radical (unpaired) electrons. The van der Waals surface area contributed by atoms with Gasteiger partial charge in [-0.25, -0.2) is 0 Å². The largest absolute Gasteiger partial charge is 0.491 e. The molecule has 0 saturated heterocycles. The van der Waals surface area contributed by atoms with E-state index in [9.17, 15) is 0 Å². The molecule has 0 atom stereocenters. The molecule has 60 valence electrons. The summed E-state index contributed by atoms with van der Waals surface area (Å²) in [5.41, 5.74) is 5.65. The molecule has 6 heteroatoms. The van der Waals surface area contributed by atoms with Crippen molar-refractivity contribution in [2.75, 3.05) is 6.54 Å². The van der Waals surface area contributed by atoms with Crippen LogP contribution in [0, 0.1) is 0 Å². The van der Waals surface area contributed by atoms with E-state index in [-0.39, 0.29) is 0 Å². The highest BCUT2D eigenvalue weighted by Crippen LogP contribution is 1.82. The number of nitrogens with two attached hydrogens (primary N) is 1. The zero-order valence-corrected chi connectivity index (χ0v) is 6.01. The van der Waals surface area contributed by atoms with Crippen molar-refractivity contribution < 1.29 is 10.0 Å².